The van der Waals surface area contributed by atoms with E-state index < -0.39 is 0 Å². The fourth-order valence-corrected chi connectivity index (χ4v) is 1.72. The van der Waals surface area contributed by atoms with Gasteiger partial charge in [0.25, 0.3) is 0 Å². The number of hydrogen-bond acceptors (Lipinski definition) is 1. The van der Waals surface area contributed by atoms with Crippen molar-refractivity contribution in [1.82, 2.24) is 0 Å². The number of nitrogen functional groups attached to an aromatic ring is 1. The van der Waals surface area contributed by atoms with E-state index in [1.54, 1.807) is 0 Å². The molecule has 0 heterocycles. The van der Waals surface area contributed by atoms with E-state index in [0.717, 1.165) is 10.0 Å². The van der Waals surface area contributed by atoms with E-state index in [0.29, 0.717) is 11.3 Å². The summed E-state index contributed by atoms with van der Waals surface area (Å²) in [6.45, 7) is 0. The van der Waals surface area contributed by atoms with Gasteiger partial charge in [0.15, 0.2) is 0 Å². The zero-order chi connectivity index (χ0) is 12.3. The van der Waals surface area contributed by atoms with Crippen LogP contribution < -0.4 is 5.73 Å². The Morgan fingerprint density at radius 1 is 1.00 bits per heavy atom. The molecule has 0 amide bonds. The van der Waals surface area contributed by atoms with E-state index in [4.69, 9.17) is 5.73 Å². The highest BCUT2D eigenvalue weighted by Gasteiger charge is 1.98. The molecule has 0 aliphatic carbocycles. The molecule has 3 heteroatoms. The van der Waals surface area contributed by atoms with Crippen molar-refractivity contribution >= 4 is 21.6 Å². The maximum atomic E-state index is 13.0. The summed E-state index contributed by atoms with van der Waals surface area (Å²) in [7, 11) is 0. The Labute approximate surface area is 108 Å². The molecule has 84 valence electrons. The van der Waals surface area contributed by atoms with Crippen LogP contribution in [0.2, 0.25) is 0 Å². The van der Waals surface area contributed by atoms with Crippen molar-refractivity contribution in [3.8, 4) is 11.8 Å². The van der Waals surface area contributed by atoms with Crippen molar-refractivity contribution in [1.29, 1.82) is 0 Å². The molecule has 0 atom stereocenters. The molecule has 0 aromatic heterocycles. The molecule has 0 saturated heterocycles. The highest BCUT2D eigenvalue weighted by atomic mass is 79.9. The SMILES string of the molecule is Nc1ccc(F)cc1C#Cc1ccccc1Br. The first-order valence-electron chi connectivity index (χ1n) is 4.98. The zero-order valence-corrected chi connectivity index (χ0v) is 10.5. The minimum Gasteiger partial charge on any atom is -0.398 e. The third-order valence-corrected chi connectivity index (χ3v) is 2.91. The monoisotopic (exact) mass is 289 g/mol. The lowest BCUT2D eigenvalue weighted by atomic mass is 10.1. The molecular formula is C14H9BrFN. The zero-order valence-electron chi connectivity index (χ0n) is 8.87. The molecule has 0 unspecified atom stereocenters. The van der Waals surface area contributed by atoms with E-state index in [-0.39, 0.29) is 5.82 Å². The minimum absolute atomic E-state index is 0.337. The Balaban J connectivity index is 2.40. The van der Waals surface area contributed by atoms with Gasteiger partial charge in [-0.15, -0.1) is 0 Å². The van der Waals surface area contributed by atoms with Gasteiger partial charge in [-0.25, -0.2) is 4.39 Å². The summed E-state index contributed by atoms with van der Waals surface area (Å²) < 4.78 is 13.9. The van der Waals surface area contributed by atoms with Crippen molar-refractivity contribution in [3.05, 3.63) is 63.9 Å². The first-order valence-corrected chi connectivity index (χ1v) is 5.78. The van der Waals surface area contributed by atoms with Gasteiger partial charge in [0, 0.05) is 15.7 Å². The largest absolute Gasteiger partial charge is 0.398 e. The fraction of sp³-hybridized carbons (Fsp3) is 0. The smallest absolute Gasteiger partial charge is 0.124 e. The second-order valence-electron chi connectivity index (χ2n) is 3.46. The van der Waals surface area contributed by atoms with Gasteiger partial charge in [0.1, 0.15) is 5.82 Å². The van der Waals surface area contributed by atoms with E-state index in [9.17, 15) is 4.39 Å². The van der Waals surface area contributed by atoms with Crippen LogP contribution in [0.4, 0.5) is 10.1 Å². The maximum Gasteiger partial charge on any atom is 0.124 e. The van der Waals surface area contributed by atoms with Crippen LogP contribution in [0.5, 0.6) is 0 Å². The molecule has 0 spiro atoms. The molecule has 1 nitrogen and oxygen atoms in total. The molecule has 2 rings (SSSR count). The van der Waals surface area contributed by atoms with Gasteiger partial charge < -0.3 is 5.73 Å². The van der Waals surface area contributed by atoms with Crippen LogP contribution in [0, 0.1) is 17.7 Å². The van der Waals surface area contributed by atoms with Crippen molar-refractivity contribution < 1.29 is 4.39 Å². The van der Waals surface area contributed by atoms with Crippen LogP contribution in [0.25, 0.3) is 0 Å². The van der Waals surface area contributed by atoms with Gasteiger partial charge >= 0.3 is 0 Å². The summed E-state index contributed by atoms with van der Waals surface area (Å²) in [5, 5.41) is 0. The molecule has 0 bridgehead atoms. The predicted molar refractivity (Wildman–Crippen MR) is 70.9 cm³/mol. The average molecular weight is 290 g/mol. The predicted octanol–water partition coefficient (Wildman–Crippen LogP) is 3.57. The van der Waals surface area contributed by atoms with Crippen LogP contribution >= 0.6 is 15.9 Å². The number of benzene rings is 2. The van der Waals surface area contributed by atoms with Crippen molar-refractivity contribution in [2.45, 2.75) is 0 Å². The van der Waals surface area contributed by atoms with Gasteiger partial charge in [-0.05, 0) is 46.3 Å². The number of halogens is 2. The van der Waals surface area contributed by atoms with Crippen LogP contribution in [-0.2, 0) is 0 Å². The summed E-state index contributed by atoms with van der Waals surface area (Å²) in [4.78, 5) is 0. The second kappa shape index (κ2) is 5.03. The van der Waals surface area contributed by atoms with E-state index in [1.165, 1.54) is 18.2 Å². The maximum absolute atomic E-state index is 13.0. The van der Waals surface area contributed by atoms with E-state index in [1.807, 2.05) is 24.3 Å². The first-order chi connectivity index (χ1) is 8.16. The third kappa shape index (κ3) is 2.86. The average Bonchev–Trinajstić information content (AvgIpc) is 2.32. The standard InChI is InChI=1S/C14H9BrFN/c15-13-4-2-1-3-10(13)5-6-11-9-12(16)7-8-14(11)17/h1-4,7-9H,17H2. The normalized spacial score (nSPS) is 9.53. The van der Waals surface area contributed by atoms with Crippen molar-refractivity contribution in [3.63, 3.8) is 0 Å². The van der Waals surface area contributed by atoms with Gasteiger partial charge in [-0.2, -0.15) is 0 Å². The number of hydrogen-bond donors (Lipinski definition) is 1. The van der Waals surface area contributed by atoms with Gasteiger partial charge in [0.05, 0.1) is 5.56 Å². The Morgan fingerprint density at radius 2 is 1.71 bits per heavy atom. The summed E-state index contributed by atoms with van der Waals surface area (Å²) in [6.07, 6.45) is 0. The molecular weight excluding hydrogens is 281 g/mol. The molecule has 2 N–H and O–H groups in total. The highest BCUT2D eigenvalue weighted by Crippen LogP contribution is 2.16. The molecule has 17 heavy (non-hydrogen) atoms. The molecule has 2 aromatic rings. The van der Waals surface area contributed by atoms with Gasteiger partial charge in [0.2, 0.25) is 0 Å². The molecule has 2 aromatic carbocycles. The van der Waals surface area contributed by atoms with Crippen molar-refractivity contribution in [2.75, 3.05) is 5.73 Å². The van der Waals surface area contributed by atoms with Gasteiger partial charge in [-0.1, -0.05) is 24.0 Å². The Kier molecular flexibility index (Phi) is 3.46. The highest BCUT2D eigenvalue weighted by molar-refractivity contribution is 9.10. The van der Waals surface area contributed by atoms with Crippen molar-refractivity contribution in [2.24, 2.45) is 0 Å². The molecule has 0 radical (unpaired) electrons. The Hall–Kier alpha value is -1.79. The third-order valence-electron chi connectivity index (χ3n) is 2.22. The number of nitrogens with two attached hydrogens (primary N) is 1. The lowest BCUT2D eigenvalue weighted by Gasteiger charge is -1.97. The van der Waals surface area contributed by atoms with Gasteiger partial charge in [-0.3, -0.25) is 0 Å². The van der Waals surface area contributed by atoms with E-state index >= 15 is 0 Å². The fourth-order valence-electron chi connectivity index (χ4n) is 1.33. The molecule has 0 aliphatic heterocycles. The van der Waals surface area contributed by atoms with Crippen LogP contribution in [0.15, 0.2) is 46.9 Å². The quantitative estimate of drug-likeness (QED) is 0.582. The van der Waals surface area contributed by atoms with Crippen LogP contribution in [-0.4, -0.2) is 0 Å². The Bertz CT molecular complexity index is 611. The summed E-state index contributed by atoms with van der Waals surface area (Å²) >= 11 is 3.39. The summed E-state index contributed by atoms with van der Waals surface area (Å²) in [5.41, 5.74) is 7.53. The van der Waals surface area contributed by atoms with E-state index in [2.05, 4.69) is 27.8 Å². The second-order valence-corrected chi connectivity index (χ2v) is 4.32. The summed E-state index contributed by atoms with van der Waals surface area (Å²) in [6, 6.07) is 11.7. The summed E-state index contributed by atoms with van der Waals surface area (Å²) in [5.74, 6) is 5.48. The number of rotatable bonds is 0. The number of anilines is 1. The van der Waals surface area contributed by atoms with Crippen LogP contribution in [0.3, 0.4) is 0 Å². The molecule has 0 saturated carbocycles. The lowest BCUT2D eigenvalue weighted by molar-refractivity contribution is 0.627. The molecule has 0 fully saturated rings. The minimum atomic E-state index is -0.337. The molecule has 0 aliphatic rings. The lowest BCUT2D eigenvalue weighted by Crippen LogP contribution is -1.90. The van der Waals surface area contributed by atoms with Crippen LogP contribution in [0.1, 0.15) is 11.1 Å². The first kappa shape index (κ1) is 11.7. The topological polar surface area (TPSA) is 26.0 Å². The Morgan fingerprint density at radius 3 is 2.47 bits per heavy atom.